The van der Waals surface area contributed by atoms with E-state index in [9.17, 15) is 22.8 Å². The van der Waals surface area contributed by atoms with Crippen LogP contribution < -0.4 is 15.8 Å². The topological polar surface area (TPSA) is 139 Å². The number of amides is 3. The molecular weight excluding hydrogens is 420 g/mol. The second-order valence-electron chi connectivity index (χ2n) is 9.31. The number of carbonyl (C=O) groups excluding carboxylic acids is 3. The molecule has 2 aliphatic carbocycles. The summed E-state index contributed by atoms with van der Waals surface area (Å²) in [6, 6.07) is -1.32. The third-order valence-electron chi connectivity index (χ3n) is 6.87. The largest absolute Gasteiger partial charge is 0.339 e. The molecule has 172 valence electrons. The molecule has 2 heterocycles. The first-order valence-electron chi connectivity index (χ1n) is 11.4. The Hall–Kier alpha value is -1.94. The fraction of sp³-hybridized carbons (Fsp3) is 0.762. The Kier molecular flexibility index (Phi) is 6.13. The predicted molar refractivity (Wildman–Crippen MR) is 114 cm³/mol. The molecule has 0 aromatic heterocycles. The predicted octanol–water partition coefficient (Wildman–Crippen LogP) is 0.308. The standard InChI is InChI=1S/C21H32N4O5S/c22-16-8-5-3-1-2-4-7-14-13-21(14,20(28)24-31(29,30)15-10-11-15)23-18(26)17-9-6-12-25(17)19(16)27/h4,7,14-17H,1-3,5-6,8-13,22H2,(H,23,26)(H,24,28)/b7-4-/t14-,16+,17?,21-/m1/s1. The summed E-state index contributed by atoms with van der Waals surface area (Å²) in [5.41, 5.74) is 4.82. The minimum absolute atomic E-state index is 0.229. The van der Waals surface area contributed by atoms with Gasteiger partial charge >= 0.3 is 0 Å². The number of hydrogen-bond acceptors (Lipinski definition) is 6. The van der Waals surface area contributed by atoms with Crippen molar-refractivity contribution in [2.75, 3.05) is 6.54 Å². The second kappa shape index (κ2) is 8.54. The molecule has 4 N–H and O–H groups in total. The first-order chi connectivity index (χ1) is 14.7. The molecule has 1 unspecified atom stereocenters. The highest BCUT2D eigenvalue weighted by molar-refractivity contribution is 7.91. The van der Waals surface area contributed by atoms with Gasteiger partial charge < -0.3 is 16.0 Å². The van der Waals surface area contributed by atoms with E-state index in [1.165, 1.54) is 4.90 Å². The van der Waals surface area contributed by atoms with Crippen molar-refractivity contribution >= 4 is 27.7 Å². The summed E-state index contributed by atoms with van der Waals surface area (Å²) in [6.07, 6.45) is 10.7. The smallest absolute Gasteiger partial charge is 0.259 e. The Bertz CT molecular complexity index is 884. The van der Waals surface area contributed by atoms with Crippen LogP contribution in [0.25, 0.3) is 0 Å². The average Bonchev–Trinajstić information content (AvgIpc) is 3.63. The van der Waals surface area contributed by atoms with Gasteiger partial charge in [-0.05, 0) is 51.4 Å². The number of rotatable bonds is 3. The van der Waals surface area contributed by atoms with Crippen LogP contribution in [0.3, 0.4) is 0 Å². The van der Waals surface area contributed by atoms with E-state index in [1.54, 1.807) is 0 Å². The number of allylic oxidation sites excluding steroid dienone is 1. The van der Waals surface area contributed by atoms with Gasteiger partial charge in [0.1, 0.15) is 11.6 Å². The molecule has 0 aromatic carbocycles. The molecular formula is C21H32N4O5S. The van der Waals surface area contributed by atoms with Crippen LogP contribution in [0.15, 0.2) is 12.2 Å². The molecule has 2 saturated carbocycles. The Morgan fingerprint density at radius 1 is 1.13 bits per heavy atom. The zero-order valence-electron chi connectivity index (χ0n) is 17.7. The lowest BCUT2D eigenvalue weighted by molar-refractivity contribution is -0.140. The Morgan fingerprint density at radius 3 is 2.65 bits per heavy atom. The van der Waals surface area contributed by atoms with Crippen LogP contribution in [0.2, 0.25) is 0 Å². The number of hydrogen-bond donors (Lipinski definition) is 3. The monoisotopic (exact) mass is 452 g/mol. The SMILES string of the molecule is N[C@H]1CCCCC/C=C\[C@@H]2C[C@@]2(C(=O)NS(=O)(=O)C2CC2)NC(=O)C2CCCN2C1=O. The van der Waals surface area contributed by atoms with Gasteiger partial charge in [-0.15, -0.1) is 0 Å². The number of nitrogens with one attached hydrogen (secondary N) is 2. The van der Waals surface area contributed by atoms with Gasteiger partial charge in [-0.25, -0.2) is 8.42 Å². The molecule has 0 radical (unpaired) electrons. The molecule has 9 nitrogen and oxygen atoms in total. The first-order valence-corrected chi connectivity index (χ1v) is 12.9. The molecule has 2 aliphatic heterocycles. The maximum Gasteiger partial charge on any atom is 0.259 e. The number of carbonyl (C=O) groups is 3. The van der Waals surface area contributed by atoms with Crippen molar-refractivity contribution in [2.45, 2.75) is 87.1 Å². The van der Waals surface area contributed by atoms with E-state index in [0.29, 0.717) is 45.1 Å². The quantitative estimate of drug-likeness (QED) is 0.527. The van der Waals surface area contributed by atoms with Crippen molar-refractivity contribution in [3.63, 3.8) is 0 Å². The van der Waals surface area contributed by atoms with E-state index in [0.717, 1.165) is 25.7 Å². The molecule has 0 aromatic rings. The summed E-state index contributed by atoms with van der Waals surface area (Å²) in [5, 5.41) is 2.30. The van der Waals surface area contributed by atoms with Crippen molar-refractivity contribution in [1.82, 2.24) is 14.9 Å². The highest BCUT2D eigenvalue weighted by Crippen LogP contribution is 2.46. The van der Waals surface area contributed by atoms with Gasteiger partial charge in [0.05, 0.1) is 11.3 Å². The highest BCUT2D eigenvalue weighted by atomic mass is 32.2. The molecule has 3 fully saturated rings. The van der Waals surface area contributed by atoms with Crippen molar-refractivity contribution < 1.29 is 22.8 Å². The van der Waals surface area contributed by atoms with Crippen LogP contribution in [-0.4, -0.2) is 60.5 Å². The Morgan fingerprint density at radius 2 is 1.90 bits per heavy atom. The van der Waals surface area contributed by atoms with Gasteiger partial charge in [-0.1, -0.05) is 25.0 Å². The fourth-order valence-corrected chi connectivity index (χ4v) is 6.03. The third kappa shape index (κ3) is 4.64. The van der Waals surface area contributed by atoms with Gasteiger partial charge in [-0.2, -0.15) is 0 Å². The van der Waals surface area contributed by atoms with Crippen molar-refractivity contribution in [1.29, 1.82) is 0 Å². The average molecular weight is 453 g/mol. The maximum atomic E-state index is 13.1. The Balaban J connectivity index is 1.56. The summed E-state index contributed by atoms with van der Waals surface area (Å²) in [5.74, 6) is -1.58. The Labute approximate surface area is 183 Å². The molecule has 4 atom stereocenters. The summed E-state index contributed by atoms with van der Waals surface area (Å²) in [7, 11) is -3.72. The number of nitrogens with zero attached hydrogens (tertiary/aromatic N) is 1. The molecule has 4 rings (SSSR count). The van der Waals surface area contributed by atoms with Crippen LogP contribution in [0.1, 0.15) is 64.2 Å². The maximum absolute atomic E-state index is 13.1. The molecule has 0 spiro atoms. The van der Waals surface area contributed by atoms with Gasteiger partial charge in [0.2, 0.25) is 21.8 Å². The van der Waals surface area contributed by atoms with Gasteiger partial charge in [0, 0.05) is 12.5 Å². The lowest BCUT2D eigenvalue weighted by Crippen LogP contribution is -2.57. The van der Waals surface area contributed by atoms with E-state index >= 15 is 0 Å². The van der Waals surface area contributed by atoms with Crippen molar-refractivity contribution in [3.8, 4) is 0 Å². The van der Waals surface area contributed by atoms with Crippen LogP contribution >= 0.6 is 0 Å². The summed E-state index contributed by atoms with van der Waals surface area (Å²) in [6.45, 7) is 0.462. The number of sulfonamides is 1. The molecule has 10 heteroatoms. The first kappa shape index (κ1) is 22.3. The summed E-state index contributed by atoms with van der Waals surface area (Å²) < 4.78 is 26.8. The lowest BCUT2D eigenvalue weighted by Gasteiger charge is -2.28. The normalized spacial score (nSPS) is 35.8. The molecule has 1 saturated heterocycles. The minimum atomic E-state index is -3.72. The van der Waals surface area contributed by atoms with E-state index in [2.05, 4.69) is 10.0 Å². The zero-order valence-corrected chi connectivity index (χ0v) is 18.5. The third-order valence-corrected chi connectivity index (χ3v) is 8.69. The summed E-state index contributed by atoms with van der Waals surface area (Å²) in [4.78, 5) is 40.5. The van der Waals surface area contributed by atoms with E-state index in [-0.39, 0.29) is 11.8 Å². The van der Waals surface area contributed by atoms with Crippen LogP contribution in [0.5, 0.6) is 0 Å². The molecule has 31 heavy (non-hydrogen) atoms. The zero-order chi connectivity index (χ0) is 22.2. The number of fused-ring (bicyclic) bond motifs is 2. The minimum Gasteiger partial charge on any atom is -0.339 e. The number of nitrogens with two attached hydrogens (primary N) is 1. The fourth-order valence-electron chi connectivity index (χ4n) is 4.67. The van der Waals surface area contributed by atoms with Crippen molar-refractivity contribution in [2.24, 2.45) is 11.7 Å². The van der Waals surface area contributed by atoms with Crippen LogP contribution in [-0.2, 0) is 24.4 Å². The molecule has 0 bridgehead atoms. The van der Waals surface area contributed by atoms with E-state index < -0.39 is 44.7 Å². The molecule has 3 amide bonds. The van der Waals surface area contributed by atoms with Gasteiger partial charge in [0.15, 0.2) is 0 Å². The van der Waals surface area contributed by atoms with E-state index in [4.69, 9.17) is 5.73 Å². The summed E-state index contributed by atoms with van der Waals surface area (Å²) >= 11 is 0. The van der Waals surface area contributed by atoms with Gasteiger partial charge in [-0.3, -0.25) is 19.1 Å². The highest BCUT2D eigenvalue weighted by Gasteiger charge is 2.61. The lowest BCUT2D eigenvalue weighted by atomic mass is 10.1. The van der Waals surface area contributed by atoms with Crippen molar-refractivity contribution in [3.05, 3.63) is 12.2 Å². The van der Waals surface area contributed by atoms with E-state index in [1.807, 2.05) is 12.2 Å². The van der Waals surface area contributed by atoms with Gasteiger partial charge in [0.25, 0.3) is 5.91 Å². The van der Waals surface area contributed by atoms with Crippen LogP contribution in [0.4, 0.5) is 0 Å². The van der Waals surface area contributed by atoms with Crippen LogP contribution in [0, 0.1) is 5.92 Å². The second-order valence-corrected chi connectivity index (χ2v) is 11.3. The molecule has 4 aliphatic rings.